The second-order valence-electron chi connectivity index (χ2n) is 4.98. The first kappa shape index (κ1) is 15.8. The summed E-state index contributed by atoms with van der Waals surface area (Å²) >= 11 is 6.33. The highest BCUT2D eigenvalue weighted by molar-refractivity contribution is 6.31. The van der Waals surface area contributed by atoms with Gasteiger partial charge in [-0.05, 0) is 36.2 Å². The number of nitrogens with one attached hydrogen (secondary N) is 1. The Morgan fingerprint density at radius 1 is 1.14 bits per heavy atom. The lowest BCUT2D eigenvalue weighted by Gasteiger charge is -2.24. The molecule has 0 radical (unpaired) electrons. The van der Waals surface area contributed by atoms with Crippen molar-refractivity contribution in [2.75, 3.05) is 13.7 Å². The van der Waals surface area contributed by atoms with E-state index in [2.05, 4.69) is 5.32 Å². The molecule has 0 fully saturated rings. The average Bonchev–Trinajstić information content (AvgIpc) is 2.53. The van der Waals surface area contributed by atoms with Gasteiger partial charge >= 0.3 is 0 Å². The number of hydrogen-bond donors (Lipinski definition) is 2. The van der Waals surface area contributed by atoms with E-state index in [0.717, 1.165) is 16.9 Å². The number of ether oxygens (including phenoxy) is 1. The molecule has 0 heterocycles. The zero-order valence-electron chi connectivity index (χ0n) is 12.2. The van der Waals surface area contributed by atoms with Gasteiger partial charge in [-0.1, -0.05) is 41.9 Å². The Morgan fingerprint density at radius 3 is 2.38 bits per heavy atom. The molecule has 2 aromatic carbocycles. The number of methoxy groups -OCH3 is 1. The van der Waals surface area contributed by atoms with Crippen LogP contribution in [0.3, 0.4) is 0 Å². The van der Waals surface area contributed by atoms with Crippen molar-refractivity contribution >= 4 is 11.6 Å². The topological polar surface area (TPSA) is 41.5 Å². The minimum absolute atomic E-state index is 0.0339. The Kier molecular flexibility index (Phi) is 5.62. The van der Waals surface area contributed by atoms with Crippen LogP contribution in [-0.2, 0) is 0 Å². The fourth-order valence-electron chi connectivity index (χ4n) is 2.21. The Bertz CT molecular complexity index is 571. The molecule has 0 saturated heterocycles. The monoisotopic (exact) mass is 305 g/mol. The maximum Gasteiger partial charge on any atom is 0.118 e. The summed E-state index contributed by atoms with van der Waals surface area (Å²) in [5.74, 6) is 0.812. The van der Waals surface area contributed by atoms with E-state index < -0.39 is 0 Å². The van der Waals surface area contributed by atoms with Gasteiger partial charge in [0.2, 0.25) is 0 Å². The van der Waals surface area contributed by atoms with E-state index in [1.54, 1.807) is 7.11 Å². The number of aliphatic hydroxyl groups excluding tert-OH is 1. The summed E-state index contributed by atoms with van der Waals surface area (Å²) in [6, 6.07) is 15.5. The second kappa shape index (κ2) is 7.46. The van der Waals surface area contributed by atoms with E-state index in [1.165, 1.54) is 0 Å². The molecule has 4 heteroatoms. The predicted octanol–water partition coefficient (Wildman–Crippen LogP) is 3.41. The van der Waals surface area contributed by atoms with Gasteiger partial charge in [0.05, 0.1) is 19.8 Å². The second-order valence-corrected chi connectivity index (χ2v) is 5.39. The van der Waals surface area contributed by atoms with Gasteiger partial charge in [0.25, 0.3) is 0 Å². The minimum Gasteiger partial charge on any atom is -0.497 e. The summed E-state index contributed by atoms with van der Waals surface area (Å²) < 4.78 is 5.19. The van der Waals surface area contributed by atoms with Gasteiger partial charge in [-0.3, -0.25) is 0 Å². The quantitative estimate of drug-likeness (QED) is 0.859. The molecule has 0 aliphatic heterocycles. The highest BCUT2D eigenvalue weighted by Gasteiger charge is 2.18. The fraction of sp³-hybridized carbons (Fsp3) is 0.294. The van der Waals surface area contributed by atoms with Gasteiger partial charge in [-0.2, -0.15) is 0 Å². The standard InChI is InChI=1S/C17H20ClNO2/c1-12(11-20)19-17(15-5-3-4-6-16(15)18)13-7-9-14(21-2)10-8-13/h3-10,12,17,19-20H,11H2,1-2H3/t12-,17?/m1/s1. The Balaban J connectivity index is 2.37. The molecule has 0 aromatic heterocycles. The normalized spacial score (nSPS) is 13.7. The van der Waals surface area contributed by atoms with Crippen molar-refractivity contribution in [2.45, 2.75) is 19.0 Å². The molecule has 0 aliphatic carbocycles. The summed E-state index contributed by atoms with van der Waals surface area (Å²) in [6.07, 6.45) is 0. The van der Waals surface area contributed by atoms with E-state index >= 15 is 0 Å². The van der Waals surface area contributed by atoms with Crippen molar-refractivity contribution < 1.29 is 9.84 Å². The van der Waals surface area contributed by atoms with E-state index in [0.29, 0.717) is 5.02 Å². The maximum absolute atomic E-state index is 9.31. The van der Waals surface area contributed by atoms with E-state index in [-0.39, 0.29) is 18.7 Å². The molecule has 3 nitrogen and oxygen atoms in total. The van der Waals surface area contributed by atoms with Crippen molar-refractivity contribution in [1.82, 2.24) is 5.32 Å². The average molecular weight is 306 g/mol. The van der Waals surface area contributed by atoms with Crippen LogP contribution in [0.15, 0.2) is 48.5 Å². The van der Waals surface area contributed by atoms with Crippen molar-refractivity contribution in [3.8, 4) is 5.75 Å². The number of halogens is 1. The first-order valence-electron chi connectivity index (χ1n) is 6.91. The molecule has 0 spiro atoms. The number of benzene rings is 2. The molecule has 21 heavy (non-hydrogen) atoms. The SMILES string of the molecule is COc1ccc(C(N[C@H](C)CO)c2ccccc2Cl)cc1. The molecule has 2 atom stereocenters. The van der Waals surface area contributed by atoms with Crippen molar-refractivity contribution in [3.63, 3.8) is 0 Å². The lowest BCUT2D eigenvalue weighted by molar-refractivity contribution is 0.245. The Hall–Kier alpha value is -1.55. The van der Waals surface area contributed by atoms with Gasteiger partial charge in [-0.25, -0.2) is 0 Å². The van der Waals surface area contributed by atoms with Crippen molar-refractivity contribution in [1.29, 1.82) is 0 Å². The largest absolute Gasteiger partial charge is 0.497 e. The fourth-order valence-corrected chi connectivity index (χ4v) is 2.45. The van der Waals surface area contributed by atoms with Crippen LogP contribution in [0.5, 0.6) is 5.75 Å². The molecule has 2 rings (SSSR count). The molecule has 0 bridgehead atoms. The van der Waals surface area contributed by atoms with Gasteiger partial charge in [0.1, 0.15) is 5.75 Å². The molecule has 0 aliphatic rings. The van der Waals surface area contributed by atoms with Crippen LogP contribution in [0.2, 0.25) is 5.02 Å². The van der Waals surface area contributed by atoms with Gasteiger partial charge in [-0.15, -0.1) is 0 Å². The maximum atomic E-state index is 9.31. The predicted molar refractivity (Wildman–Crippen MR) is 86.0 cm³/mol. The van der Waals surface area contributed by atoms with Crippen LogP contribution >= 0.6 is 11.6 Å². The minimum atomic E-state index is -0.0771. The third-order valence-corrected chi connectivity index (χ3v) is 3.73. The van der Waals surface area contributed by atoms with Crippen LogP contribution in [0.1, 0.15) is 24.1 Å². The molecule has 2 aromatic rings. The van der Waals surface area contributed by atoms with E-state index in [4.69, 9.17) is 16.3 Å². The van der Waals surface area contributed by atoms with Crippen molar-refractivity contribution in [3.05, 3.63) is 64.7 Å². The van der Waals surface area contributed by atoms with Crippen LogP contribution in [0.25, 0.3) is 0 Å². The van der Waals surface area contributed by atoms with Crippen LogP contribution in [0.4, 0.5) is 0 Å². The van der Waals surface area contributed by atoms with Gasteiger partial charge in [0.15, 0.2) is 0 Å². The first-order chi connectivity index (χ1) is 10.2. The van der Waals surface area contributed by atoms with E-state index in [1.807, 2.05) is 55.5 Å². The highest BCUT2D eigenvalue weighted by Crippen LogP contribution is 2.29. The third-order valence-electron chi connectivity index (χ3n) is 3.39. The van der Waals surface area contributed by atoms with Crippen LogP contribution in [0, 0.1) is 0 Å². The van der Waals surface area contributed by atoms with Crippen LogP contribution < -0.4 is 10.1 Å². The lowest BCUT2D eigenvalue weighted by atomic mass is 9.97. The van der Waals surface area contributed by atoms with Crippen molar-refractivity contribution in [2.24, 2.45) is 0 Å². The number of aliphatic hydroxyl groups is 1. The summed E-state index contributed by atoms with van der Waals surface area (Å²) in [7, 11) is 1.65. The summed E-state index contributed by atoms with van der Waals surface area (Å²) in [4.78, 5) is 0. The smallest absolute Gasteiger partial charge is 0.118 e. The Morgan fingerprint density at radius 2 is 1.81 bits per heavy atom. The molecule has 2 N–H and O–H groups in total. The summed E-state index contributed by atoms with van der Waals surface area (Å²) in [5, 5.41) is 13.4. The zero-order valence-corrected chi connectivity index (χ0v) is 13.0. The molecular formula is C17H20ClNO2. The molecule has 112 valence electrons. The molecule has 0 saturated carbocycles. The molecule has 1 unspecified atom stereocenters. The number of hydrogen-bond acceptors (Lipinski definition) is 3. The summed E-state index contributed by atoms with van der Waals surface area (Å²) in [5.41, 5.74) is 2.06. The zero-order chi connectivity index (χ0) is 15.2. The van der Waals surface area contributed by atoms with Gasteiger partial charge in [0, 0.05) is 11.1 Å². The Labute approximate surface area is 130 Å². The summed E-state index contributed by atoms with van der Waals surface area (Å²) in [6.45, 7) is 2.00. The third kappa shape index (κ3) is 3.97. The number of rotatable bonds is 6. The molecular weight excluding hydrogens is 286 g/mol. The van der Waals surface area contributed by atoms with Crippen LogP contribution in [-0.4, -0.2) is 24.9 Å². The highest BCUT2D eigenvalue weighted by atomic mass is 35.5. The van der Waals surface area contributed by atoms with Gasteiger partial charge < -0.3 is 15.2 Å². The first-order valence-corrected chi connectivity index (χ1v) is 7.28. The molecule has 0 amide bonds. The van der Waals surface area contributed by atoms with E-state index in [9.17, 15) is 5.11 Å². The lowest BCUT2D eigenvalue weighted by Crippen LogP contribution is -2.33.